The smallest absolute Gasteiger partial charge is 0.124 e. The van der Waals surface area contributed by atoms with Crippen LogP contribution >= 0.6 is 0 Å². The van der Waals surface area contributed by atoms with E-state index in [1.165, 1.54) is 6.07 Å². The van der Waals surface area contributed by atoms with Crippen molar-refractivity contribution in [1.29, 1.82) is 0 Å². The Labute approximate surface area is 109 Å². The standard InChI is InChI=1S/C14H23NO3/c1-3-8-18-9-4-7-15-11(2)13-6-5-12(16)10-14(13)17/h5-6,10-11,15-17H,3-4,7-9H2,1-2H3. The minimum Gasteiger partial charge on any atom is -0.508 e. The molecule has 1 aromatic rings. The summed E-state index contributed by atoms with van der Waals surface area (Å²) in [5.74, 6) is 0.202. The Morgan fingerprint density at radius 2 is 2.06 bits per heavy atom. The Balaban J connectivity index is 2.29. The molecule has 0 aliphatic carbocycles. The van der Waals surface area contributed by atoms with Crippen molar-refractivity contribution in [3.05, 3.63) is 23.8 Å². The molecule has 1 rings (SSSR count). The number of aromatic hydroxyl groups is 2. The van der Waals surface area contributed by atoms with E-state index in [9.17, 15) is 10.2 Å². The highest BCUT2D eigenvalue weighted by molar-refractivity contribution is 5.40. The largest absolute Gasteiger partial charge is 0.508 e. The van der Waals surface area contributed by atoms with Gasteiger partial charge in [0.15, 0.2) is 0 Å². The van der Waals surface area contributed by atoms with Gasteiger partial charge in [-0.05, 0) is 32.4 Å². The molecule has 0 aliphatic rings. The lowest BCUT2D eigenvalue weighted by molar-refractivity contribution is 0.132. The van der Waals surface area contributed by atoms with E-state index >= 15 is 0 Å². The lowest BCUT2D eigenvalue weighted by atomic mass is 10.1. The van der Waals surface area contributed by atoms with Crippen LogP contribution in [0.5, 0.6) is 11.5 Å². The molecule has 0 saturated heterocycles. The SMILES string of the molecule is CCCOCCCNC(C)c1ccc(O)cc1O. The molecule has 0 saturated carbocycles. The van der Waals surface area contributed by atoms with Crippen LogP contribution < -0.4 is 5.32 Å². The minimum atomic E-state index is 0.0526. The van der Waals surface area contributed by atoms with Crippen LogP contribution in [0, 0.1) is 0 Å². The van der Waals surface area contributed by atoms with Gasteiger partial charge in [-0.25, -0.2) is 0 Å². The molecular weight excluding hydrogens is 230 g/mol. The molecule has 1 aromatic carbocycles. The van der Waals surface area contributed by atoms with Gasteiger partial charge in [0.1, 0.15) is 11.5 Å². The maximum atomic E-state index is 9.71. The Morgan fingerprint density at radius 3 is 2.72 bits per heavy atom. The van der Waals surface area contributed by atoms with Crippen molar-refractivity contribution >= 4 is 0 Å². The van der Waals surface area contributed by atoms with E-state index < -0.39 is 0 Å². The molecule has 18 heavy (non-hydrogen) atoms. The van der Waals surface area contributed by atoms with Gasteiger partial charge in [0, 0.05) is 30.9 Å². The Kier molecular flexibility index (Phi) is 6.54. The Morgan fingerprint density at radius 1 is 1.28 bits per heavy atom. The van der Waals surface area contributed by atoms with Crippen LogP contribution in [0.3, 0.4) is 0 Å². The van der Waals surface area contributed by atoms with Crippen molar-refractivity contribution < 1.29 is 14.9 Å². The third-order valence-electron chi connectivity index (χ3n) is 2.74. The summed E-state index contributed by atoms with van der Waals surface area (Å²) in [5.41, 5.74) is 0.794. The first-order valence-electron chi connectivity index (χ1n) is 6.48. The molecule has 102 valence electrons. The number of rotatable bonds is 8. The number of nitrogens with one attached hydrogen (secondary N) is 1. The quantitative estimate of drug-likeness (QED) is 0.623. The number of ether oxygens (including phenoxy) is 1. The van der Waals surface area contributed by atoms with Gasteiger partial charge in [0.05, 0.1) is 0 Å². The minimum absolute atomic E-state index is 0.0526. The molecule has 1 atom stereocenters. The van der Waals surface area contributed by atoms with Crippen molar-refractivity contribution in [2.24, 2.45) is 0 Å². The van der Waals surface area contributed by atoms with E-state index in [2.05, 4.69) is 12.2 Å². The van der Waals surface area contributed by atoms with Crippen molar-refractivity contribution in [1.82, 2.24) is 5.32 Å². The summed E-state index contributed by atoms with van der Waals surface area (Å²) in [6, 6.07) is 4.72. The highest BCUT2D eigenvalue weighted by Crippen LogP contribution is 2.27. The van der Waals surface area contributed by atoms with E-state index in [1.54, 1.807) is 12.1 Å². The van der Waals surface area contributed by atoms with E-state index in [1.807, 2.05) is 6.92 Å². The first-order valence-corrected chi connectivity index (χ1v) is 6.48. The number of hydrogen-bond acceptors (Lipinski definition) is 4. The van der Waals surface area contributed by atoms with E-state index in [0.717, 1.165) is 38.2 Å². The summed E-state index contributed by atoms with van der Waals surface area (Å²) in [4.78, 5) is 0. The molecule has 4 nitrogen and oxygen atoms in total. The predicted molar refractivity (Wildman–Crippen MR) is 71.9 cm³/mol. The van der Waals surface area contributed by atoms with Crippen molar-refractivity contribution in [3.8, 4) is 11.5 Å². The molecule has 0 amide bonds. The maximum absolute atomic E-state index is 9.71. The van der Waals surface area contributed by atoms with Crippen LogP contribution in [0.2, 0.25) is 0 Å². The summed E-state index contributed by atoms with van der Waals surface area (Å²) >= 11 is 0. The lowest BCUT2D eigenvalue weighted by Crippen LogP contribution is -2.21. The number of hydrogen-bond donors (Lipinski definition) is 3. The second-order valence-corrected chi connectivity index (χ2v) is 4.38. The molecule has 4 heteroatoms. The van der Waals surface area contributed by atoms with Gasteiger partial charge in [0.2, 0.25) is 0 Å². The summed E-state index contributed by atoms with van der Waals surface area (Å²) in [6.45, 7) is 6.49. The predicted octanol–water partition coefficient (Wildman–Crippen LogP) is 2.57. The van der Waals surface area contributed by atoms with Crippen LogP contribution in [0.15, 0.2) is 18.2 Å². The molecule has 0 aliphatic heterocycles. The Hall–Kier alpha value is -1.26. The first-order chi connectivity index (χ1) is 8.65. The van der Waals surface area contributed by atoms with Crippen LogP contribution in [0.1, 0.15) is 38.3 Å². The maximum Gasteiger partial charge on any atom is 0.124 e. The third kappa shape index (κ3) is 4.94. The lowest BCUT2D eigenvalue weighted by Gasteiger charge is -2.15. The highest BCUT2D eigenvalue weighted by atomic mass is 16.5. The van der Waals surface area contributed by atoms with Crippen LogP contribution in [0.4, 0.5) is 0 Å². The average Bonchev–Trinajstić information content (AvgIpc) is 2.33. The summed E-state index contributed by atoms with van der Waals surface area (Å²) in [7, 11) is 0. The molecule has 0 aromatic heterocycles. The van der Waals surface area contributed by atoms with Gasteiger partial charge < -0.3 is 20.3 Å². The van der Waals surface area contributed by atoms with Crippen molar-refractivity contribution in [2.75, 3.05) is 19.8 Å². The topological polar surface area (TPSA) is 61.7 Å². The normalized spacial score (nSPS) is 12.6. The second-order valence-electron chi connectivity index (χ2n) is 4.38. The second kappa shape index (κ2) is 7.95. The molecular formula is C14H23NO3. The zero-order valence-corrected chi connectivity index (χ0v) is 11.1. The third-order valence-corrected chi connectivity index (χ3v) is 2.74. The van der Waals surface area contributed by atoms with Gasteiger partial charge in [-0.2, -0.15) is 0 Å². The number of phenols is 2. The van der Waals surface area contributed by atoms with Crippen LogP contribution in [-0.2, 0) is 4.74 Å². The Bertz CT molecular complexity index is 355. The highest BCUT2D eigenvalue weighted by Gasteiger charge is 2.09. The van der Waals surface area contributed by atoms with E-state index in [4.69, 9.17) is 4.74 Å². The first kappa shape index (κ1) is 14.8. The van der Waals surface area contributed by atoms with Gasteiger partial charge in [-0.3, -0.25) is 0 Å². The summed E-state index contributed by atoms with van der Waals surface area (Å²) < 4.78 is 5.39. The molecule has 3 N–H and O–H groups in total. The van der Waals surface area contributed by atoms with Gasteiger partial charge in [0.25, 0.3) is 0 Å². The van der Waals surface area contributed by atoms with Crippen molar-refractivity contribution in [2.45, 2.75) is 32.7 Å². The number of phenolic OH excluding ortho intramolecular Hbond substituents is 2. The molecule has 0 spiro atoms. The van der Waals surface area contributed by atoms with E-state index in [-0.39, 0.29) is 17.5 Å². The van der Waals surface area contributed by atoms with Gasteiger partial charge in [-0.15, -0.1) is 0 Å². The van der Waals surface area contributed by atoms with Gasteiger partial charge in [-0.1, -0.05) is 13.0 Å². The fourth-order valence-corrected chi connectivity index (χ4v) is 1.75. The van der Waals surface area contributed by atoms with Gasteiger partial charge >= 0.3 is 0 Å². The molecule has 1 unspecified atom stereocenters. The summed E-state index contributed by atoms with van der Waals surface area (Å²) in [5, 5.41) is 22.2. The monoisotopic (exact) mass is 253 g/mol. The average molecular weight is 253 g/mol. The zero-order valence-electron chi connectivity index (χ0n) is 11.1. The summed E-state index contributed by atoms with van der Waals surface area (Å²) in [6.07, 6.45) is 1.99. The van der Waals surface area contributed by atoms with E-state index in [0.29, 0.717) is 0 Å². The molecule has 0 radical (unpaired) electrons. The van der Waals surface area contributed by atoms with Crippen LogP contribution in [0.25, 0.3) is 0 Å². The number of benzene rings is 1. The molecule has 0 fully saturated rings. The molecule has 0 bridgehead atoms. The van der Waals surface area contributed by atoms with Crippen molar-refractivity contribution in [3.63, 3.8) is 0 Å². The zero-order chi connectivity index (χ0) is 13.4. The fourth-order valence-electron chi connectivity index (χ4n) is 1.75. The van der Waals surface area contributed by atoms with Crippen LogP contribution in [-0.4, -0.2) is 30.0 Å². The molecule has 0 heterocycles. The fraction of sp³-hybridized carbons (Fsp3) is 0.571.